The Labute approximate surface area is 199 Å². The Morgan fingerprint density at radius 1 is 1.03 bits per heavy atom. The SMILES string of the molecule is CCOc1ccc(-c2nc3n(n2)C(c2ccccc2OCC)C2=C(CC(C)(C)CC2=O)N3)cc1. The molecule has 0 fully saturated rings. The molecule has 0 saturated heterocycles. The van der Waals surface area contributed by atoms with Crippen molar-refractivity contribution in [2.24, 2.45) is 5.41 Å². The average molecular weight is 459 g/mol. The first kappa shape index (κ1) is 22.2. The van der Waals surface area contributed by atoms with Crippen molar-refractivity contribution in [2.75, 3.05) is 18.5 Å². The van der Waals surface area contributed by atoms with E-state index in [4.69, 9.17) is 19.6 Å². The van der Waals surface area contributed by atoms with Crippen LogP contribution in [-0.4, -0.2) is 33.8 Å². The van der Waals surface area contributed by atoms with Crippen LogP contribution in [0.4, 0.5) is 5.95 Å². The van der Waals surface area contributed by atoms with Gasteiger partial charge < -0.3 is 14.8 Å². The van der Waals surface area contributed by atoms with Gasteiger partial charge in [0.2, 0.25) is 5.95 Å². The topological polar surface area (TPSA) is 78.3 Å². The van der Waals surface area contributed by atoms with E-state index in [1.807, 2.05) is 67.1 Å². The quantitative estimate of drug-likeness (QED) is 0.533. The zero-order valence-corrected chi connectivity index (χ0v) is 20.1. The number of fused-ring (bicyclic) bond motifs is 1. The maximum atomic E-state index is 13.5. The number of hydrogen-bond donors (Lipinski definition) is 1. The second-order valence-corrected chi connectivity index (χ2v) is 9.49. The fraction of sp³-hybridized carbons (Fsp3) is 0.370. The lowest BCUT2D eigenvalue weighted by Crippen LogP contribution is -2.36. The Kier molecular flexibility index (Phi) is 5.63. The van der Waals surface area contributed by atoms with Gasteiger partial charge in [0.05, 0.1) is 13.2 Å². The zero-order valence-electron chi connectivity index (χ0n) is 20.1. The van der Waals surface area contributed by atoms with Crippen molar-refractivity contribution >= 4 is 11.7 Å². The minimum Gasteiger partial charge on any atom is -0.494 e. The van der Waals surface area contributed by atoms with E-state index in [0.29, 0.717) is 31.4 Å². The molecule has 2 aromatic carbocycles. The zero-order chi connectivity index (χ0) is 23.9. The molecule has 2 heterocycles. The Balaban J connectivity index is 1.64. The summed E-state index contributed by atoms with van der Waals surface area (Å²) < 4.78 is 13.4. The molecule has 7 heteroatoms. The number of allylic oxidation sites excluding steroid dienone is 2. The van der Waals surface area contributed by atoms with Crippen LogP contribution in [0.2, 0.25) is 0 Å². The molecule has 0 spiro atoms. The molecule has 34 heavy (non-hydrogen) atoms. The minimum absolute atomic E-state index is 0.118. The molecule has 2 aliphatic rings. The second kappa shape index (κ2) is 8.63. The predicted octanol–water partition coefficient (Wildman–Crippen LogP) is 5.40. The predicted molar refractivity (Wildman–Crippen MR) is 131 cm³/mol. The Morgan fingerprint density at radius 2 is 1.76 bits per heavy atom. The van der Waals surface area contributed by atoms with Crippen molar-refractivity contribution in [3.05, 3.63) is 65.4 Å². The van der Waals surface area contributed by atoms with E-state index in [-0.39, 0.29) is 11.2 Å². The molecule has 0 saturated carbocycles. The number of ether oxygens (including phenoxy) is 2. The first-order chi connectivity index (χ1) is 16.4. The van der Waals surface area contributed by atoms with Crippen LogP contribution >= 0.6 is 0 Å². The number of nitrogens with one attached hydrogen (secondary N) is 1. The van der Waals surface area contributed by atoms with Crippen LogP contribution in [-0.2, 0) is 4.79 Å². The van der Waals surface area contributed by atoms with E-state index in [1.165, 1.54) is 0 Å². The number of benzene rings is 2. The molecule has 0 bridgehead atoms. The summed E-state index contributed by atoms with van der Waals surface area (Å²) in [5.41, 5.74) is 3.36. The smallest absolute Gasteiger partial charge is 0.226 e. The molecule has 1 aliphatic heterocycles. The highest BCUT2D eigenvalue weighted by Crippen LogP contribution is 2.47. The summed E-state index contributed by atoms with van der Waals surface area (Å²) in [5.74, 6) is 2.92. The number of hydrogen-bond acceptors (Lipinski definition) is 6. The highest BCUT2D eigenvalue weighted by atomic mass is 16.5. The van der Waals surface area contributed by atoms with Crippen LogP contribution in [0, 0.1) is 5.41 Å². The minimum atomic E-state index is -0.401. The Morgan fingerprint density at radius 3 is 2.50 bits per heavy atom. The number of Topliss-reactive ketones (excluding diaryl/α,β-unsaturated/α-hetero) is 1. The third-order valence-corrected chi connectivity index (χ3v) is 6.27. The van der Waals surface area contributed by atoms with Crippen molar-refractivity contribution in [3.63, 3.8) is 0 Å². The van der Waals surface area contributed by atoms with E-state index in [0.717, 1.165) is 40.3 Å². The number of aromatic nitrogens is 3. The highest BCUT2D eigenvalue weighted by molar-refractivity contribution is 6.00. The molecule has 1 N–H and O–H groups in total. The van der Waals surface area contributed by atoms with E-state index in [1.54, 1.807) is 0 Å². The molecular weight excluding hydrogens is 428 g/mol. The third-order valence-electron chi connectivity index (χ3n) is 6.27. The van der Waals surface area contributed by atoms with Crippen LogP contribution in [0.15, 0.2) is 59.8 Å². The molecular formula is C27H30N4O3. The summed E-state index contributed by atoms with van der Waals surface area (Å²) in [6.45, 7) is 9.33. The maximum absolute atomic E-state index is 13.5. The lowest BCUT2D eigenvalue weighted by Gasteiger charge is -2.38. The van der Waals surface area contributed by atoms with Crippen molar-refractivity contribution in [1.29, 1.82) is 0 Å². The number of carbonyl (C=O) groups is 1. The van der Waals surface area contributed by atoms with Gasteiger partial charge in [-0.15, -0.1) is 5.10 Å². The Bertz CT molecular complexity index is 1260. The molecule has 176 valence electrons. The van der Waals surface area contributed by atoms with Crippen LogP contribution in [0.5, 0.6) is 11.5 Å². The summed E-state index contributed by atoms with van der Waals surface area (Å²) in [6, 6.07) is 15.2. The van der Waals surface area contributed by atoms with E-state index in [9.17, 15) is 4.79 Å². The van der Waals surface area contributed by atoms with Crippen molar-refractivity contribution in [1.82, 2.24) is 14.8 Å². The number of carbonyl (C=O) groups excluding carboxylic acids is 1. The maximum Gasteiger partial charge on any atom is 0.226 e. The van der Waals surface area contributed by atoms with Crippen LogP contribution < -0.4 is 14.8 Å². The highest BCUT2D eigenvalue weighted by Gasteiger charge is 2.42. The summed E-state index contributed by atoms with van der Waals surface area (Å²) in [6.07, 6.45) is 1.27. The van der Waals surface area contributed by atoms with Gasteiger partial charge in [-0.3, -0.25) is 4.79 Å². The van der Waals surface area contributed by atoms with Gasteiger partial charge in [-0.1, -0.05) is 32.0 Å². The molecule has 5 rings (SSSR count). The summed E-state index contributed by atoms with van der Waals surface area (Å²) >= 11 is 0. The van der Waals surface area contributed by atoms with Gasteiger partial charge in [0.25, 0.3) is 0 Å². The van der Waals surface area contributed by atoms with Gasteiger partial charge in [-0.05, 0) is 56.0 Å². The van der Waals surface area contributed by atoms with E-state index in [2.05, 4.69) is 19.2 Å². The number of para-hydroxylation sites is 1. The largest absolute Gasteiger partial charge is 0.494 e. The fourth-order valence-corrected chi connectivity index (χ4v) is 4.88. The van der Waals surface area contributed by atoms with Crippen molar-refractivity contribution < 1.29 is 14.3 Å². The number of anilines is 1. The van der Waals surface area contributed by atoms with Gasteiger partial charge in [-0.25, -0.2) is 4.68 Å². The molecule has 1 aromatic heterocycles. The molecule has 1 atom stereocenters. The lowest BCUT2D eigenvalue weighted by molar-refractivity contribution is -0.118. The summed E-state index contributed by atoms with van der Waals surface area (Å²) in [4.78, 5) is 18.3. The molecule has 3 aromatic rings. The standard InChI is InChI=1S/C27H30N4O3/c1-5-33-18-13-11-17(12-14-18)25-29-26-28-20-15-27(3,4)16-21(32)23(20)24(31(26)30-25)19-9-7-8-10-22(19)34-6-2/h7-14,24H,5-6,15-16H2,1-4H3,(H,28,29,30). The van der Waals surface area contributed by atoms with Gasteiger partial charge >= 0.3 is 0 Å². The fourth-order valence-electron chi connectivity index (χ4n) is 4.88. The van der Waals surface area contributed by atoms with E-state index >= 15 is 0 Å². The van der Waals surface area contributed by atoms with Gasteiger partial charge in [0.1, 0.15) is 17.5 Å². The molecule has 0 radical (unpaired) electrons. The van der Waals surface area contributed by atoms with Crippen LogP contribution in [0.3, 0.4) is 0 Å². The lowest BCUT2D eigenvalue weighted by atomic mass is 9.73. The molecule has 1 aliphatic carbocycles. The number of nitrogens with zero attached hydrogens (tertiary/aromatic N) is 3. The van der Waals surface area contributed by atoms with Gasteiger partial charge in [-0.2, -0.15) is 4.98 Å². The Hall–Kier alpha value is -3.61. The van der Waals surface area contributed by atoms with Crippen molar-refractivity contribution in [2.45, 2.75) is 46.6 Å². The molecule has 0 amide bonds. The summed E-state index contributed by atoms with van der Waals surface area (Å²) in [5, 5.41) is 8.32. The normalized spacial score (nSPS) is 18.7. The first-order valence-electron chi connectivity index (χ1n) is 11.8. The number of ketones is 1. The van der Waals surface area contributed by atoms with Crippen LogP contribution in [0.1, 0.15) is 52.1 Å². The molecule has 1 unspecified atom stereocenters. The van der Waals surface area contributed by atoms with Crippen LogP contribution in [0.25, 0.3) is 11.4 Å². The summed E-state index contributed by atoms with van der Waals surface area (Å²) in [7, 11) is 0. The number of rotatable bonds is 6. The average Bonchev–Trinajstić information content (AvgIpc) is 3.22. The monoisotopic (exact) mass is 458 g/mol. The molecule has 7 nitrogen and oxygen atoms in total. The van der Waals surface area contributed by atoms with Gasteiger partial charge in [0, 0.05) is 28.8 Å². The van der Waals surface area contributed by atoms with Gasteiger partial charge in [0.15, 0.2) is 11.6 Å². The van der Waals surface area contributed by atoms with E-state index < -0.39 is 6.04 Å². The third kappa shape index (κ3) is 3.95. The second-order valence-electron chi connectivity index (χ2n) is 9.49. The van der Waals surface area contributed by atoms with Crippen molar-refractivity contribution in [3.8, 4) is 22.9 Å². The first-order valence-corrected chi connectivity index (χ1v) is 11.8.